The molecule has 0 unspecified atom stereocenters. The lowest BCUT2D eigenvalue weighted by atomic mass is 10.2. The Morgan fingerprint density at radius 3 is 2.61 bits per heavy atom. The van der Waals surface area contributed by atoms with Crippen LogP contribution in [0.15, 0.2) is 36.5 Å². The Morgan fingerprint density at radius 1 is 1.21 bits per heavy atom. The lowest BCUT2D eigenvalue weighted by Crippen LogP contribution is -2.38. The predicted octanol–water partition coefficient (Wildman–Crippen LogP) is 3.58. The van der Waals surface area contributed by atoms with E-state index in [0.717, 1.165) is 12.8 Å². The number of urea groups is 1. The molecule has 2 amide bonds. The Labute approximate surface area is 166 Å². The van der Waals surface area contributed by atoms with Gasteiger partial charge in [0.1, 0.15) is 11.6 Å². The van der Waals surface area contributed by atoms with Crippen LogP contribution in [0.3, 0.4) is 0 Å². The number of amides is 2. The smallest absolute Gasteiger partial charge is 0.327 e. The molecule has 0 spiro atoms. The Bertz CT molecular complexity index is 739. The first-order valence-electron chi connectivity index (χ1n) is 9.39. The number of benzene rings is 1. The number of anilines is 3. The van der Waals surface area contributed by atoms with Crippen LogP contribution >= 0.6 is 0 Å². The van der Waals surface area contributed by atoms with Crippen LogP contribution in [0.25, 0.3) is 0 Å². The Kier molecular flexibility index (Phi) is 8.48. The number of unbranched alkanes of at least 4 members (excludes halogenated alkanes) is 1. The van der Waals surface area contributed by atoms with Crippen LogP contribution in [-0.4, -0.2) is 49.4 Å². The molecule has 0 fully saturated rings. The first kappa shape index (κ1) is 21.4. The summed E-state index contributed by atoms with van der Waals surface area (Å²) in [6.45, 7) is 5.17. The first-order valence-corrected chi connectivity index (χ1v) is 9.39. The maximum atomic E-state index is 12.9. The average Bonchev–Trinajstić information content (AvgIpc) is 2.69. The third-order valence-corrected chi connectivity index (χ3v) is 4.00. The van der Waals surface area contributed by atoms with Crippen molar-refractivity contribution >= 4 is 23.5 Å². The minimum Gasteiger partial charge on any atom is -0.497 e. The van der Waals surface area contributed by atoms with Crippen molar-refractivity contribution in [2.75, 3.05) is 37.6 Å². The molecule has 2 rings (SSSR count). The lowest BCUT2D eigenvalue weighted by Gasteiger charge is -2.23. The summed E-state index contributed by atoms with van der Waals surface area (Å²) in [6, 6.07) is 8.75. The third kappa shape index (κ3) is 6.09. The van der Waals surface area contributed by atoms with Crippen LogP contribution in [0.1, 0.15) is 26.7 Å². The van der Waals surface area contributed by atoms with Gasteiger partial charge in [-0.25, -0.2) is 14.7 Å². The fraction of sp³-hybridized carbons (Fsp3) is 0.450. The molecule has 28 heavy (non-hydrogen) atoms. The highest BCUT2D eigenvalue weighted by Crippen LogP contribution is 2.26. The fourth-order valence-corrected chi connectivity index (χ4v) is 2.59. The lowest BCUT2D eigenvalue weighted by molar-refractivity contribution is 0.190. The summed E-state index contributed by atoms with van der Waals surface area (Å²) in [6.07, 6.45) is 3.54. The zero-order chi connectivity index (χ0) is 20.4. The van der Waals surface area contributed by atoms with Gasteiger partial charge in [-0.2, -0.15) is 4.98 Å². The SMILES string of the molecule is CCCCNC(=O)N(c1ccc(OC)cc1)c1ccnc(N[C@@H](C)COC)n1. The quantitative estimate of drug-likeness (QED) is 0.606. The summed E-state index contributed by atoms with van der Waals surface area (Å²) in [4.78, 5) is 23.2. The second-order valence-electron chi connectivity index (χ2n) is 6.36. The van der Waals surface area contributed by atoms with Gasteiger partial charge in [-0.05, 0) is 37.6 Å². The van der Waals surface area contributed by atoms with Crippen LogP contribution in [-0.2, 0) is 4.74 Å². The maximum Gasteiger partial charge on any atom is 0.327 e. The molecule has 0 bridgehead atoms. The van der Waals surface area contributed by atoms with E-state index in [-0.39, 0.29) is 12.1 Å². The molecule has 1 aromatic heterocycles. The molecule has 0 saturated carbocycles. The zero-order valence-corrected chi connectivity index (χ0v) is 16.9. The van der Waals surface area contributed by atoms with E-state index in [2.05, 4.69) is 27.5 Å². The molecule has 152 valence electrons. The summed E-state index contributed by atoms with van der Waals surface area (Å²) >= 11 is 0. The molecule has 2 aromatic rings. The highest BCUT2D eigenvalue weighted by atomic mass is 16.5. The average molecular weight is 387 g/mol. The van der Waals surface area contributed by atoms with E-state index < -0.39 is 0 Å². The summed E-state index contributed by atoms with van der Waals surface area (Å²) in [5, 5.41) is 6.12. The predicted molar refractivity (Wildman–Crippen MR) is 110 cm³/mol. The molecule has 1 aromatic carbocycles. The molecular formula is C20H29N5O3. The van der Waals surface area contributed by atoms with Crippen molar-refractivity contribution in [3.8, 4) is 5.75 Å². The van der Waals surface area contributed by atoms with E-state index in [1.807, 2.05) is 31.2 Å². The Balaban J connectivity index is 2.30. The molecule has 0 aliphatic rings. The molecular weight excluding hydrogens is 358 g/mol. The number of nitrogens with zero attached hydrogens (tertiary/aromatic N) is 3. The number of carbonyl (C=O) groups is 1. The topological polar surface area (TPSA) is 88.6 Å². The zero-order valence-electron chi connectivity index (χ0n) is 16.9. The van der Waals surface area contributed by atoms with Gasteiger partial charge in [0.2, 0.25) is 5.95 Å². The molecule has 1 heterocycles. The number of methoxy groups -OCH3 is 2. The van der Waals surface area contributed by atoms with E-state index in [1.165, 1.54) is 4.90 Å². The number of ether oxygens (including phenoxy) is 2. The van der Waals surface area contributed by atoms with Crippen LogP contribution in [0.4, 0.5) is 22.2 Å². The monoisotopic (exact) mass is 387 g/mol. The van der Waals surface area contributed by atoms with Gasteiger partial charge < -0.3 is 20.1 Å². The molecule has 8 heteroatoms. The maximum absolute atomic E-state index is 12.9. The van der Waals surface area contributed by atoms with E-state index in [4.69, 9.17) is 9.47 Å². The number of aromatic nitrogens is 2. The van der Waals surface area contributed by atoms with Gasteiger partial charge in [-0.3, -0.25) is 0 Å². The van der Waals surface area contributed by atoms with Gasteiger partial charge in [-0.15, -0.1) is 0 Å². The van der Waals surface area contributed by atoms with Crippen molar-refractivity contribution in [2.24, 2.45) is 0 Å². The van der Waals surface area contributed by atoms with Crippen molar-refractivity contribution in [3.05, 3.63) is 36.5 Å². The number of hydrogen-bond acceptors (Lipinski definition) is 6. The van der Waals surface area contributed by atoms with E-state index in [1.54, 1.807) is 26.5 Å². The van der Waals surface area contributed by atoms with E-state index >= 15 is 0 Å². The van der Waals surface area contributed by atoms with Crippen LogP contribution < -0.4 is 20.3 Å². The molecule has 2 N–H and O–H groups in total. The number of rotatable bonds is 10. The second kappa shape index (κ2) is 11.1. The largest absolute Gasteiger partial charge is 0.497 e. The summed E-state index contributed by atoms with van der Waals surface area (Å²) in [5.41, 5.74) is 0.685. The third-order valence-electron chi connectivity index (χ3n) is 4.00. The van der Waals surface area contributed by atoms with Crippen molar-refractivity contribution < 1.29 is 14.3 Å². The summed E-state index contributed by atoms with van der Waals surface area (Å²) < 4.78 is 10.3. The molecule has 0 aliphatic heterocycles. The van der Waals surface area contributed by atoms with E-state index in [9.17, 15) is 4.79 Å². The summed E-state index contributed by atoms with van der Waals surface area (Å²) in [7, 11) is 3.25. The van der Waals surface area contributed by atoms with Crippen LogP contribution in [0.2, 0.25) is 0 Å². The van der Waals surface area contributed by atoms with Crippen molar-refractivity contribution in [3.63, 3.8) is 0 Å². The van der Waals surface area contributed by atoms with Crippen molar-refractivity contribution in [1.29, 1.82) is 0 Å². The Morgan fingerprint density at radius 2 is 1.96 bits per heavy atom. The van der Waals surface area contributed by atoms with Gasteiger partial charge >= 0.3 is 6.03 Å². The number of hydrogen-bond donors (Lipinski definition) is 2. The Hall–Kier alpha value is -2.87. The molecule has 8 nitrogen and oxygen atoms in total. The van der Waals surface area contributed by atoms with Gasteiger partial charge in [0, 0.05) is 32.0 Å². The van der Waals surface area contributed by atoms with Gasteiger partial charge in [0.05, 0.1) is 19.4 Å². The minimum atomic E-state index is -0.242. The molecule has 0 saturated heterocycles. The highest BCUT2D eigenvalue weighted by Gasteiger charge is 2.20. The van der Waals surface area contributed by atoms with Gasteiger partial charge in [0.15, 0.2) is 0 Å². The second-order valence-corrected chi connectivity index (χ2v) is 6.36. The standard InChI is InChI=1S/C20H29N5O3/c1-5-6-12-22-20(26)25(16-7-9-17(28-4)10-8-16)18-11-13-21-19(24-18)23-15(2)14-27-3/h7-11,13,15H,5-6,12,14H2,1-4H3,(H,22,26)(H,21,23,24)/t15-/m0/s1. The molecule has 1 atom stereocenters. The van der Waals surface area contributed by atoms with Gasteiger partial charge in [0.25, 0.3) is 0 Å². The van der Waals surface area contributed by atoms with Crippen molar-refractivity contribution in [2.45, 2.75) is 32.7 Å². The molecule has 0 aliphatic carbocycles. The van der Waals surface area contributed by atoms with Crippen LogP contribution in [0, 0.1) is 0 Å². The first-order chi connectivity index (χ1) is 13.6. The minimum absolute atomic E-state index is 0.0352. The van der Waals surface area contributed by atoms with Crippen LogP contribution in [0.5, 0.6) is 5.75 Å². The van der Waals surface area contributed by atoms with Crippen molar-refractivity contribution in [1.82, 2.24) is 15.3 Å². The summed E-state index contributed by atoms with van der Waals surface area (Å²) in [5.74, 6) is 1.62. The van der Waals surface area contributed by atoms with E-state index in [0.29, 0.717) is 36.4 Å². The fourth-order valence-electron chi connectivity index (χ4n) is 2.59. The number of nitrogens with one attached hydrogen (secondary N) is 2. The highest BCUT2D eigenvalue weighted by molar-refractivity contribution is 5.98. The van der Waals surface area contributed by atoms with Gasteiger partial charge in [-0.1, -0.05) is 13.3 Å². The number of carbonyl (C=O) groups excluding carboxylic acids is 1. The normalized spacial score (nSPS) is 11.6. The molecule has 0 radical (unpaired) electrons.